The Kier molecular flexibility index (Phi) is 7.75. The fraction of sp³-hybridized carbons (Fsp3) is 0.625. The number of carbonyl (C=O) groups excluding carboxylic acids is 1. The fourth-order valence-electron chi connectivity index (χ4n) is 2.30. The van der Waals surface area contributed by atoms with Crippen molar-refractivity contribution in [2.24, 2.45) is 0 Å². The van der Waals surface area contributed by atoms with E-state index in [4.69, 9.17) is 0 Å². The third-order valence-electron chi connectivity index (χ3n) is 3.63. The molecule has 0 aliphatic heterocycles. The molecule has 1 atom stereocenters. The van der Waals surface area contributed by atoms with Gasteiger partial charge in [0.15, 0.2) is 0 Å². The van der Waals surface area contributed by atoms with Crippen LogP contribution in [-0.2, 0) is 11.3 Å². The van der Waals surface area contributed by atoms with Crippen LogP contribution in [0, 0.1) is 0 Å². The first-order valence-corrected chi connectivity index (χ1v) is 7.74. The molecule has 21 heavy (non-hydrogen) atoms. The molecular formula is C16H27N3O2. The molecule has 0 saturated carbocycles. The molecule has 0 bridgehead atoms. The molecule has 0 saturated heterocycles. The average Bonchev–Trinajstić information content (AvgIpc) is 2.46. The second kappa shape index (κ2) is 9.34. The average molecular weight is 293 g/mol. The van der Waals surface area contributed by atoms with Crippen LogP contribution in [0.2, 0.25) is 0 Å². The van der Waals surface area contributed by atoms with E-state index in [9.17, 15) is 9.59 Å². The Hall–Kier alpha value is -1.62. The van der Waals surface area contributed by atoms with Crippen molar-refractivity contribution in [3.05, 3.63) is 34.7 Å². The topological polar surface area (TPSA) is 54.3 Å². The largest absolute Gasteiger partial charge is 0.352 e. The van der Waals surface area contributed by atoms with Crippen molar-refractivity contribution in [2.75, 3.05) is 19.6 Å². The van der Waals surface area contributed by atoms with Gasteiger partial charge in [-0.2, -0.15) is 0 Å². The second-order valence-corrected chi connectivity index (χ2v) is 5.30. The Morgan fingerprint density at radius 1 is 1.33 bits per heavy atom. The summed E-state index contributed by atoms with van der Waals surface area (Å²) in [4.78, 5) is 25.8. The number of amides is 1. The van der Waals surface area contributed by atoms with Gasteiger partial charge in [-0.1, -0.05) is 19.9 Å². The van der Waals surface area contributed by atoms with Gasteiger partial charge in [0.05, 0.1) is 0 Å². The van der Waals surface area contributed by atoms with E-state index in [2.05, 4.69) is 24.1 Å². The number of carbonyl (C=O) groups is 1. The quantitative estimate of drug-likeness (QED) is 0.750. The van der Waals surface area contributed by atoms with Gasteiger partial charge in [-0.15, -0.1) is 0 Å². The Labute approximate surface area is 127 Å². The van der Waals surface area contributed by atoms with Gasteiger partial charge in [-0.25, -0.2) is 0 Å². The Morgan fingerprint density at radius 2 is 2.05 bits per heavy atom. The molecule has 0 aliphatic carbocycles. The lowest BCUT2D eigenvalue weighted by Crippen LogP contribution is -2.37. The molecule has 1 rings (SSSR count). The minimum absolute atomic E-state index is 0.0834. The standard InChI is InChI=1S/C16H27N3O2/c1-4-18(5-2)11-8-9-14(3)17-15(20)13-19-12-7-6-10-16(19)21/h6-7,10,12,14H,4-5,8-9,11,13H2,1-3H3,(H,17,20). The molecule has 1 amide bonds. The van der Waals surface area contributed by atoms with E-state index in [0.29, 0.717) is 0 Å². The normalized spacial score (nSPS) is 12.4. The fourth-order valence-corrected chi connectivity index (χ4v) is 2.30. The number of nitrogens with zero attached hydrogens (tertiary/aromatic N) is 2. The van der Waals surface area contributed by atoms with Crippen molar-refractivity contribution >= 4 is 5.91 Å². The molecule has 5 nitrogen and oxygen atoms in total. The Balaban J connectivity index is 2.31. The number of pyridine rings is 1. The van der Waals surface area contributed by atoms with Crippen molar-refractivity contribution in [3.63, 3.8) is 0 Å². The van der Waals surface area contributed by atoms with Gasteiger partial charge in [-0.05, 0) is 45.5 Å². The molecule has 1 aromatic heterocycles. The van der Waals surface area contributed by atoms with Crippen molar-refractivity contribution in [1.82, 2.24) is 14.8 Å². The number of aromatic nitrogens is 1. The molecule has 0 radical (unpaired) electrons. The summed E-state index contributed by atoms with van der Waals surface area (Å²) in [6.07, 6.45) is 3.65. The van der Waals surface area contributed by atoms with Crippen LogP contribution in [0.3, 0.4) is 0 Å². The van der Waals surface area contributed by atoms with Crippen LogP contribution in [0.15, 0.2) is 29.2 Å². The molecule has 0 aromatic carbocycles. The van der Waals surface area contributed by atoms with Gasteiger partial charge in [0, 0.05) is 18.3 Å². The minimum Gasteiger partial charge on any atom is -0.352 e. The maximum absolute atomic E-state index is 11.9. The summed E-state index contributed by atoms with van der Waals surface area (Å²) in [5.74, 6) is -0.112. The van der Waals surface area contributed by atoms with Crippen LogP contribution < -0.4 is 10.9 Å². The summed E-state index contributed by atoms with van der Waals surface area (Å²) < 4.78 is 1.41. The van der Waals surface area contributed by atoms with E-state index >= 15 is 0 Å². The number of hydrogen-bond donors (Lipinski definition) is 1. The van der Waals surface area contributed by atoms with Gasteiger partial charge < -0.3 is 14.8 Å². The van der Waals surface area contributed by atoms with Crippen molar-refractivity contribution in [3.8, 4) is 0 Å². The highest BCUT2D eigenvalue weighted by Gasteiger charge is 2.09. The molecule has 0 aliphatic rings. The zero-order valence-electron chi connectivity index (χ0n) is 13.3. The molecule has 1 N–H and O–H groups in total. The summed E-state index contributed by atoms with van der Waals surface area (Å²) >= 11 is 0. The first-order valence-electron chi connectivity index (χ1n) is 7.74. The minimum atomic E-state index is -0.151. The van der Waals surface area contributed by atoms with Crippen molar-refractivity contribution < 1.29 is 4.79 Å². The Morgan fingerprint density at radius 3 is 2.67 bits per heavy atom. The van der Waals surface area contributed by atoms with Crippen LogP contribution in [-0.4, -0.2) is 41.1 Å². The maximum atomic E-state index is 11.9. The predicted octanol–water partition coefficient (Wildman–Crippen LogP) is 1.47. The van der Waals surface area contributed by atoms with Gasteiger partial charge in [0.1, 0.15) is 6.54 Å². The molecule has 118 valence electrons. The third-order valence-corrected chi connectivity index (χ3v) is 3.63. The summed E-state index contributed by atoms with van der Waals surface area (Å²) in [5.41, 5.74) is -0.151. The van der Waals surface area contributed by atoms with E-state index in [1.807, 2.05) is 6.92 Å². The monoisotopic (exact) mass is 293 g/mol. The van der Waals surface area contributed by atoms with Crippen LogP contribution in [0.4, 0.5) is 0 Å². The highest BCUT2D eigenvalue weighted by molar-refractivity contribution is 5.75. The zero-order valence-corrected chi connectivity index (χ0v) is 13.3. The summed E-state index contributed by atoms with van der Waals surface area (Å²) in [5, 5.41) is 2.95. The first-order chi connectivity index (χ1) is 10.1. The smallest absolute Gasteiger partial charge is 0.250 e. The molecule has 0 spiro atoms. The summed E-state index contributed by atoms with van der Waals surface area (Å²) in [7, 11) is 0. The summed E-state index contributed by atoms with van der Waals surface area (Å²) in [6.45, 7) is 9.60. The third kappa shape index (κ3) is 6.58. The number of nitrogens with one attached hydrogen (secondary N) is 1. The molecule has 1 heterocycles. The van der Waals surface area contributed by atoms with Crippen LogP contribution in [0.25, 0.3) is 0 Å². The van der Waals surface area contributed by atoms with Crippen molar-refractivity contribution in [1.29, 1.82) is 0 Å². The van der Waals surface area contributed by atoms with E-state index in [0.717, 1.165) is 32.5 Å². The van der Waals surface area contributed by atoms with Crippen LogP contribution in [0.5, 0.6) is 0 Å². The molecule has 0 fully saturated rings. The SMILES string of the molecule is CCN(CC)CCCC(C)NC(=O)Cn1ccccc1=O. The zero-order chi connectivity index (χ0) is 15.7. The highest BCUT2D eigenvalue weighted by atomic mass is 16.2. The molecule has 5 heteroatoms. The van der Waals surface area contributed by atoms with Gasteiger partial charge in [0.2, 0.25) is 5.91 Å². The van der Waals surface area contributed by atoms with E-state index in [1.165, 1.54) is 10.6 Å². The predicted molar refractivity (Wildman–Crippen MR) is 85.3 cm³/mol. The van der Waals surface area contributed by atoms with Crippen LogP contribution in [0.1, 0.15) is 33.6 Å². The van der Waals surface area contributed by atoms with Crippen LogP contribution >= 0.6 is 0 Å². The molecule has 1 aromatic rings. The van der Waals surface area contributed by atoms with E-state index < -0.39 is 0 Å². The van der Waals surface area contributed by atoms with Gasteiger partial charge in [-0.3, -0.25) is 9.59 Å². The maximum Gasteiger partial charge on any atom is 0.250 e. The molecule has 1 unspecified atom stereocenters. The second-order valence-electron chi connectivity index (χ2n) is 5.30. The summed E-state index contributed by atoms with van der Waals surface area (Å²) in [6, 6.07) is 5.02. The Bertz CT molecular complexity index is 480. The van der Waals surface area contributed by atoms with E-state index in [-0.39, 0.29) is 24.1 Å². The lowest BCUT2D eigenvalue weighted by Gasteiger charge is -2.19. The molecular weight excluding hydrogens is 266 g/mol. The number of hydrogen-bond acceptors (Lipinski definition) is 3. The number of rotatable bonds is 9. The highest BCUT2D eigenvalue weighted by Crippen LogP contribution is 1.99. The van der Waals surface area contributed by atoms with E-state index in [1.54, 1.807) is 18.3 Å². The lowest BCUT2D eigenvalue weighted by atomic mass is 10.1. The van der Waals surface area contributed by atoms with Crippen molar-refractivity contribution in [2.45, 2.75) is 46.2 Å². The van der Waals surface area contributed by atoms with Gasteiger partial charge >= 0.3 is 0 Å². The lowest BCUT2D eigenvalue weighted by molar-refractivity contribution is -0.122. The first kappa shape index (κ1) is 17.4. The van der Waals surface area contributed by atoms with Gasteiger partial charge in [0.25, 0.3) is 5.56 Å².